The van der Waals surface area contributed by atoms with Gasteiger partial charge in [0.25, 0.3) is 5.91 Å². The van der Waals surface area contributed by atoms with Gasteiger partial charge in [0, 0.05) is 11.3 Å². The number of nitrogens with one attached hydrogen (secondary N) is 1. The number of amides is 1. The highest BCUT2D eigenvalue weighted by atomic mass is 19.1. The van der Waals surface area contributed by atoms with E-state index in [0.29, 0.717) is 16.8 Å². The van der Waals surface area contributed by atoms with Crippen LogP contribution in [0.2, 0.25) is 0 Å². The Balaban J connectivity index is 2.23. The summed E-state index contributed by atoms with van der Waals surface area (Å²) in [4.78, 5) is 16.3. The number of aromatic nitrogens is 1. The van der Waals surface area contributed by atoms with E-state index in [-0.39, 0.29) is 11.7 Å². The topological polar surface area (TPSA) is 42.0 Å². The maximum atomic E-state index is 13.2. The van der Waals surface area contributed by atoms with Gasteiger partial charge in [0.05, 0.1) is 11.4 Å². The van der Waals surface area contributed by atoms with E-state index in [1.165, 1.54) is 18.2 Å². The Labute approximate surface area is 111 Å². The van der Waals surface area contributed by atoms with Gasteiger partial charge in [-0.25, -0.2) is 4.39 Å². The minimum Gasteiger partial charge on any atom is -0.320 e. The molecule has 2 aromatic rings. The van der Waals surface area contributed by atoms with Crippen LogP contribution in [-0.2, 0) is 0 Å². The van der Waals surface area contributed by atoms with E-state index in [9.17, 15) is 9.18 Å². The molecule has 1 aromatic heterocycles. The molecule has 0 saturated heterocycles. The van der Waals surface area contributed by atoms with Crippen molar-refractivity contribution >= 4 is 11.6 Å². The minimum absolute atomic E-state index is 0.267. The fourth-order valence-corrected chi connectivity index (χ4v) is 1.80. The number of benzene rings is 1. The van der Waals surface area contributed by atoms with Crippen molar-refractivity contribution in [2.75, 3.05) is 5.32 Å². The highest BCUT2D eigenvalue weighted by molar-refractivity contribution is 6.04. The van der Waals surface area contributed by atoms with Crippen LogP contribution in [0.4, 0.5) is 10.1 Å². The summed E-state index contributed by atoms with van der Waals surface area (Å²) in [6.07, 6.45) is 0. The Bertz CT molecular complexity index is 638. The monoisotopic (exact) mass is 258 g/mol. The summed E-state index contributed by atoms with van der Waals surface area (Å²) in [7, 11) is 0. The van der Waals surface area contributed by atoms with E-state index in [0.717, 1.165) is 11.4 Å². The average molecular weight is 258 g/mol. The van der Waals surface area contributed by atoms with Gasteiger partial charge in [-0.15, -0.1) is 0 Å². The van der Waals surface area contributed by atoms with Crippen LogP contribution < -0.4 is 5.32 Å². The number of halogens is 1. The Morgan fingerprint density at radius 3 is 2.53 bits per heavy atom. The fraction of sp³-hybridized carbons (Fsp3) is 0.200. The van der Waals surface area contributed by atoms with Crippen LogP contribution in [0, 0.1) is 26.6 Å². The van der Waals surface area contributed by atoms with E-state index in [1.54, 1.807) is 6.92 Å². The summed E-state index contributed by atoms with van der Waals surface area (Å²) in [6.45, 7) is 5.35. The number of anilines is 1. The molecule has 1 aromatic carbocycles. The van der Waals surface area contributed by atoms with Crippen LogP contribution in [-0.4, -0.2) is 10.9 Å². The zero-order valence-electron chi connectivity index (χ0n) is 11.1. The summed E-state index contributed by atoms with van der Waals surface area (Å²) < 4.78 is 13.2. The van der Waals surface area contributed by atoms with Crippen molar-refractivity contribution < 1.29 is 9.18 Å². The van der Waals surface area contributed by atoms with E-state index in [1.807, 2.05) is 26.0 Å². The normalized spacial score (nSPS) is 10.3. The molecule has 2 rings (SSSR count). The second-order valence-corrected chi connectivity index (χ2v) is 4.50. The molecule has 0 fully saturated rings. The summed E-state index contributed by atoms with van der Waals surface area (Å²) >= 11 is 0. The van der Waals surface area contributed by atoms with Crippen LogP contribution >= 0.6 is 0 Å². The quantitative estimate of drug-likeness (QED) is 0.897. The number of carbonyl (C=O) groups excluding carboxylic acids is 1. The number of hydrogen-bond acceptors (Lipinski definition) is 2. The molecule has 1 amide bonds. The molecule has 98 valence electrons. The van der Waals surface area contributed by atoms with Crippen molar-refractivity contribution in [2.45, 2.75) is 20.8 Å². The molecule has 1 N–H and O–H groups in total. The SMILES string of the molecule is Cc1ccc(NC(=O)c2ccc(F)c(C)c2)c(C)n1. The van der Waals surface area contributed by atoms with E-state index in [4.69, 9.17) is 0 Å². The van der Waals surface area contributed by atoms with Crippen LogP contribution in [0.15, 0.2) is 30.3 Å². The molecule has 0 unspecified atom stereocenters. The standard InChI is InChI=1S/C15H15FN2O/c1-9-8-12(5-6-13(9)16)15(19)18-14-7-4-10(2)17-11(14)3/h4-8H,1-3H3,(H,18,19). The summed E-state index contributed by atoms with van der Waals surface area (Å²) in [5, 5.41) is 2.78. The number of hydrogen-bond donors (Lipinski definition) is 1. The van der Waals surface area contributed by atoms with Gasteiger partial charge in [-0.1, -0.05) is 0 Å². The van der Waals surface area contributed by atoms with E-state index >= 15 is 0 Å². The largest absolute Gasteiger partial charge is 0.320 e. The first-order valence-corrected chi connectivity index (χ1v) is 5.99. The average Bonchev–Trinajstić information content (AvgIpc) is 2.36. The smallest absolute Gasteiger partial charge is 0.255 e. The molecule has 0 spiro atoms. The Hall–Kier alpha value is -2.23. The third kappa shape index (κ3) is 2.96. The molecule has 0 radical (unpaired) electrons. The molecular formula is C15H15FN2O. The van der Waals surface area contributed by atoms with Gasteiger partial charge in [0.15, 0.2) is 0 Å². The lowest BCUT2D eigenvalue weighted by Crippen LogP contribution is -2.13. The highest BCUT2D eigenvalue weighted by Gasteiger charge is 2.09. The molecule has 1 heterocycles. The molecule has 19 heavy (non-hydrogen) atoms. The van der Waals surface area contributed by atoms with Crippen molar-refractivity contribution in [1.82, 2.24) is 4.98 Å². The lowest BCUT2D eigenvalue weighted by molar-refractivity contribution is 0.102. The summed E-state index contributed by atoms with van der Waals surface area (Å²) in [5.41, 5.74) is 3.20. The molecule has 3 nitrogen and oxygen atoms in total. The Morgan fingerprint density at radius 1 is 1.16 bits per heavy atom. The first kappa shape index (κ1) is 13.2. The molecular weight excluding hydrogens is 243 g/mol. The maximum Gasteiger partial charge on any atom is 0.255 e. The van der Waals surface area contributed by atoms with Gasteiger partial charge in [-0.2, -0.15) is 0 Å². The third-order valence-corrected chi connectivity index (χ3v) is 2.89. The molecule has 0 atom stereocenters. The zero-order valence-corrected chi connectivity index (χ0v) is 11.1. The van der Waals surface area contributed by atoms with Crippen molar-refractivity contribution in [3.05, 3.63) is 58.7 Å². The van der Waals surface area contributed by atoms with Crippen LogP contribution in [0.1, 0.15) is 27.3 Å². The van der Waals surface area contributed by atoms with Gasteiger partial charge in [0.2, 0.25) is 0 Å². The predicted molar refractivity (Wildman–Crippen MR) is 72.8 cm³/mol. The number of carbonyl (C=O) groups is 1. The van der Waals surface area contributed by atoms with Crippen molar-refractivity contribution in [1.29, 1.82) is 0 Å². The van der Waals surface area contributed by atoms with E-state index < -0.39 is 0 Å². The number of pyridine rings is 1. The lowest BCUT2D eigenvalue weighted by Gasteiger charge is -2.09. The molecule has 0 aliphatic rings. The van der Waals surface area contributed by atoms with Gasteiger partial charge in [0.1, 0.15) is 5.82 Å². The van der Waals surface area contributed by atoms with Crippen LogP contribution in [0.3, 0.4) is 0 Å². The minimum atomic E-state index is -0.315. The lowest BCUT2D eigenvalue weighted by atomic mass is 10.1. The van der Waals surface area contributed by atoms with Crippen LogP contribution in [0.25, 0.3) is 0 Å². The molecule has 0 aliphatic carbocycles. The number of rotatable bonds is 2. The Morgan fingerprint density at radius 2 is 1.89 bits per heavy atom. The van der Waals surface area contributed by atoms with Crippen molar-refractivity contribution in [3.63, 3.8) is 0 Å². The molecule has 0 aliphatic heterocycles. The van der Waals surface area contributed by atoms with Gasteiger partial charge in [-0.05, 0) is 56.7 Å². The first-order valence-electron chi connectivity index (χ1n) is 5.99. The van der Waals surface area contributed by atoms with Gasteiger partial charge in [-0.3, -0.25) is 9.78 Å². The molecule has 0 bridgehead atoms. The van der Waals surface area contributed by atoms with Gasteiger partial charge < -0.3 is 5.32 Å². The third-order valence-electron chi connectivity index (χ3n) is 2.89. The number of nitrogens with zero attached hydrogens (tertiary/aromatic N) is 1. The molecule has 0 saturated carbocycles. The summed E-state index contributed by atoms with van der Waals surface area (Å²) in [5.74, 6) is -0.582. The second-order valence-electron chi connectivity index (χ2n) is 4.50. The number of aryl methyl sites for hydroxylation is 3. The van der Waals surface area contributed by atoms with E-state index in [2.05, 4.69) is 10.3 Å². The highest BCUT2D eigenvalue weighted by Crippen LogP contribution is 2.15. The van der Waals surface area contributed by atoms with Crippen molar-refractivity contribution in [2.24, 2.45) is 0 Å². The fourth-order valence-electron chi connectivity index (χ4n) is 1.80. The Kier molecular flexibility index (Phi) is 3.60. The van der Waals surface area contributed by atoms with Crippen molar-refractivity contribution in [3.8, 4) is 0 Å². The first-order chi connectivity index (χ1) is 8.97. The predicted octanol–water partition coefficient (Wildman–Crippen LogP) is 3.40. The summed E-state index contributed by atoms with van der Waals surface area (Å²) in [6, 6.07) is 7.94. The molecule has 4 heteroatoms. The van der Waals surface area contributed by atoms with Crippen LogP contribution in [0.5, 0.6) is 0 Å². The second kappa shape index (κ2) is 5.18. The maximum absolute atomic E-state index is 13.2. The zero-order chi connectivity index (χ0) is 14.0. The van der Waals surface area contributed by atoms with Gasteiger partial charge >= 0.3 is 0 Å².